The number of nitrogens with zero attached hydrogens (tertiary/aromatic N) is 3. The maximum Gasteiger partial charge on any atom is 0.318 e. The van der Waals surface area contributed by atoms with Crippen LogP contribution in [0.5, 0.6) is 0 Å². The highest BCUT2D eigenvalue weighted by Gasteiger charge is 2.25. The minimum Gasteiger partial charge on any atom is -0.408 e. The zero-order chi connectivity index (χ0) is 11.4. The fourth-order valence-electron chi connectivity index (χ4n) is 2.03. The molecule has 1 aromatic heterocycles. The number of nitrogens with two attached hydrogens (primary N) is 1. The Balaban J connectivity index is 2.08. The molecule has 6 nitrogen and oxygen atoms in total. The lowest BCUT2D eigenvalue weighted by Crippen LogP contribution is -2.42. The van der Waals surface area contributed by atoms with Gasteiger partial charge in [-0.2, -0.15) is 0 Å². The van der Waals surface area contributed by atoms with Crippen LogP contribution in [-0.2, 0) is 6.42 Å². The Labute approximate surface area is 94.4 Å². The van der Waals surface area contributed by atoms with E-state index >= 15 is 0 Å². The first-order chi connectivity index (χ1) is 7.85. The van der Waals surface area contributed by atoms with Crippen molar-refractivity contribution in [1.29, 1.82) is 0 Å². The largest absolute Gasteiger partial charge is 0.408 e. The molecular weight excluding hydrogens is 208 g/mol. The van der Waals surface area contributed by atoms with Crippen molar-refractivity contribution >= 4 is 6.01 Å². The van der Waals surface area contributed by atoms with Crippen molar-refractivity contribution in [2.45, 2.75) is 31.7 Å². The van der Waals surface area contributed by atoms with Crippen LogP contribution >= 0.6 is 0 Å². The summed E-state index contributed by atoms with van der Waals surface area (Å²) in [4.78, 5) is 2.00. The molecule has 2 rings (SSSR count). The molecule has 0 bridgehead atoms. The third-order valence-electron chi connectivity index (χ3n) is 2.90. The summed E-state index contributed by atoms with van der Waals surface area (Å²) in [6.45, 7) is 1.51. The molecule has 0 aliphatic carbocycles. The van der Waals surface area contributed by atoms with Crippen molar-refractivity contribution in [2.75, 3.05) is 24.6 Å². The van der Waals surface area contributed by atoms with Crippen LogP contribution in [0.1, 0.15) is 25.2 Å². The van der Waals surface area contributed by atoms with Crippen LogP contribution in [-0.4, -0.2) is 41.0 Å². The van der Waals surface area contributed by atoms with E-state index in [0.717, 1.165) is 25.8 Å². The Morgan fingerprint density at radius 2 is 2.31 bits per heavy atom. The van der Waals surface area contributed by atoms with Crippen molar-refractivity contribution < 1.29 is 9.52 Å². The van der Waals surface area contributed by atoms with Gasteiger partial charge in [-0.25, -0.2) is 0 Å². The van der Waals surface area contributed by atoms with Gasteiger partial charge >= 0.3 is 6.01 Å². The molecule has 2 heterocycles. The minimum absolute atomic E-state index is 0.111. The number of hydrogen-bond acceptors (Lipinski definition) is 6. The first-order valence-electron chi connectivity index (χ1n) is 5.75. The summed E-state index contributed by atoms with van der Waals surface area (Å²) < 4.78 is 5.51. The average Bonchev–Trinajstić information content (AvgIpc) is 2.78. The predicted octanol–water partition coefficient (Wildman–Crippen LogP) is -0.0780. The molecule has 0 spiro atoms. The van der Waals surface area contributed by atoms with E-state index in [1.807, 2.05) is 4.90 Å². The third kappa shape index (κ3) is 2.33. The summed E-state index contributed by atoms with van der Waals surface area (Å²) in [6, 6.07) is 0.627. The lowest BCUT2D eigenvalue weighted by Gasteiger charge is -2.32. The quantitative estimate of drug-likeness (QED) is 0.746. The zero-order valence-corrected chi connectivity index (χ0v) is 9.30. The van der Waals surface area contributed by atoms with Gasteiger partial charge in [0.15, 0.2) is 0 Å². The van der Waals surface area contributed by atoms with E-state index in [2.05, 4.69) is 10.2 Å². The third-order valence-corrected chi connectivity index (χ3v) is 2.90. The predicted molar refractivity (Wildman–Crippen MR) is 59.1 cm³/mol. The molecule has 1 saturated heterocycles. The molecule has 0 radical (unpaired) electrons. The Hall–Kier alpha value is -1.14. The average molecular weight is 226 g/mol. The van der Waals surface area contributed by atoms with Gasteiger partial charge in [-0.05, 0) is 19.3 Å². The standard InChI is InChI=1S/C10H18N4O2/c11-5-4-9-12-13-10(16-9)14-6-2-1-3-8(14)7-15/h8,15H,1-7,11H2. The lowest BCUT2D eigenvalue weighted by atomic mass is 10.0. The molecule has 6 heteroatoms. The van der Waals surface area contributed by atoms with Crippen LogP contribution in [0.4, 0.5) is 6.01 Å². The second-order valence-electron chi connectivity index (χ2n) is 4.04. The highest BCUT2D eigenvalue weighted by molar-refractivity contribution is 5.27. The molecule has 1 aromatic rings. The summed E-state index contributed by atoms with van der Waals surface area (Å²) in [5.41, 5.74) is 5.42. The van der Waals surface area contributed by atoms with Crippen molar-refractivity contribution in [3.05, 3.63) is 5.89 Å². The SMILES string of the molecule is NCCc1nnc(N2CCCCC2CO)o1. The molecule has 1 aliphatic heterocycles. The fourth-order valence-corrected chi connectivity index (χ4v) is 2.03. The zero-order valence-electron chi connectivity index (χ0n) is 9.30. The number of aliphatic hydroxyl groups excluding tert-OH is 1. The molecule has 3 N–H and O–H groups in total. The van der Waals surface area contributed by atoms with Gasteiger partial charge in [0.05, 0.1) is 12.6 Å². The number of piperidine rings is 1. The molecule has 0 amide bonds. The second kappa shape index (κ2) is 5.27. The molecule has 90 valence electrons. The normalized spacial score (nSPS) is 21.4. The molecule has 1 unspecified atom stereocenters. The van der Waals surface area contributed by atoms with Crippen LogP contribution in [0.15, 0.2) is 4.42 Å². The number of aliphatic hydroxyl groups is 1. The van der Waals surface area contributed by atoms with Crippen LogP contribution in [0.3, 0.4) is 0 Å². The summed E-state index contributed by atoms with van der Waals surface area (Å²) in [6.07, 6.45) is 3.83. The Morgan fingerprint density at radius 3 is 3.06 bits per heavy atom. The second-order valence-corrected chi connectivity index (χ2v) is 4.04. The molecule has 16 heavy (non-hydrogen) atoms. The first-order valence-corrected chi connectivity index (χ1v) is 5.75. The lowest BCUT2D eigenvalue weighted by molar-refractivity contribution is 0.234. The van der Waals surface area contributed by atoms with Gasteiger partial charge in [-0.15, -0.1) is 5.10 Å². The van der Waals surface area contributed by atoms with E-state index in [9.17, 15) is 5.11 Å². The number of hydrogen-bond donors (Lipinski definition) is 2. The maximum atomic E-state index is 9.28. The summed E-state index contributed by atoms with van der Waals surface area (Å²) in [7, 11) is 0. The Bertz CT molecular complexity index is 328. The molecular formula is C10H18N4O2. The van der Waals surface area contributed by atoms with Crippen molar-refractivity contribution in [3.63, 3.8) is 0 Å². The van der Waals surface area contributed by atoms with Gasteiger partial charge < -0.3 is 20.2 Å². The summed E-state index contributed by atoms with van der Waals surface area (Å²) in [5.74, 6) is 0.569. The fraction of sp³-hybridized carbons (Fsp3) is 0.800. The number of aromatic nitrogens is 2. The summed E-state index contributed by atoms with van der Waals surface area (Å²) in [5, 5.41) is 17.2. The molecule has 1 aliphatic rings. The van der Waals surface area contributed by atoms with Crippen LogP contribution < -0.4 is 10.6 Å². The van der Waals surface area contributed by atoms with Gasteiger partial charge in [0.25, 0.3) is 0 Å². The van der Waals surface area contributed by atoms with E-state index in [0.29, 0.717) is 24.9 Å². The summed E-state index contributed by atoms with van der Waals surface area (Å²) >= 11 is 0. The van der Waals surface area contributed by atoms with Gasteiger partial charge in [-0.3, -0.25) is 0 Å². The molecule has 1 fully saturated rings. The van der Waals surface area contributed by atoms with E-state index in [-0.39, 0.29) is 12.6 Å². The highest BCUT2D eigenvalue weighted by Crippen LogP contribution is 2.23. The van der Waals surface area contributed by atoms with E-state index in [1.54, 1.807) is 0 Å². The van der Waals surface area contributed by atoms with Crippen LogP contribution in [0.2, 0.25) is 0 Å². The van der Waals surface area contributed by atoms with Crippen LogP contribution in [0, 0.1) is 0 Å². The maximum absolute atomic E-state index is 9.28. The number of rotatable bonds is 4. The topological polar surface area (TPSA) is 88.4 Å². The Morgan fingerprint density at radius 1 is 1.44 bits per heavy atom. The molecule has 0 aromatic carbocycles. The van der Waals surface area contributed by atoms with Crippen molar-refractivity contribution in [1.82, 2.24) is 10.2 Å². The van der Waals surface area contributed by atoms with Crippen molar-refractivity contribution in [2.24, 2.45) is 5.73 Å². The van der Waals surface area contributed by atoms with E-state index < -0.39 is 0 Å². The van der Waals surface area contributed by atoms with E-state index in [1.165, 1.54) is 0 Å². The smallest absolute Gasteiger partial charge is 0.318 e. The first kappa shape index (κ1) is 11.3. The number of anilines is 1. The highest BCUT2D eigenvalue weighted by atomic mass is 16.4. The van der Waals surface area contributed by atoms with Crippen LogP contribution in [0.25, 0.3) is 0 Å². The van der Waals surface area contributed by atoms with Gasteiger partial charge in [0, 0.05) is 19.5 Å². The minimum atomic E-state index is 0.111. The molecule has 0 saturated carbocycles. The van der Waals surface area contributed by atoms with Gasteiger partial charge in [0.1, 0.15) is 0 Å². The molecule has 1 atom stereocenters. The monoisotopic (exact) mass is 226 g/mol. The Kier molecular flexibility index (Phi) is 3.74. The van der Waals surface area contributed by atoms with Gasteiger partial charge in [0.2, 0.25) is 5.89 Å². The van der Waals surface area contributed by atoms with E-state index in [4.69, 9.17) is 10.2 Å². The van der Waals surface area contributed by atoms with Gasteiger partial charge in [-0.1, -0.05) is 5.10 Å². The van der Waals surface area contributed by atoms with Crippen molar-refractivity contribution in [3.8, 4) is 0 Å².